The van der Waals surface area contributed by atoms with Crippen LogP contribution in [0.1, 0.15) is 49.2 Å². The number of hydrogen-bond acceptors (Lipinski definition) is 6. The van der Waals surface area contributed by atoms with Crippen molar-refractivity contribution in [2.24, 2.45) is 0 Å². The van der Waals surface area contributed by atoms with Gasteiger partial charge in [0.1, 0.15) is 35.5 Å². The first-order valence-electron chi connectivity index (χ1n) is 9.68. The number of nitrogens with one attached hydrogen (secondary N) is 2. The summed E-state index contributed by atoms with van der Waals surface area (Å²) in [6, 6.07) is 3.04. The van der Waals surface area contributed by atoms with Crippen LogP contribution in [-0.2, 0) is 5.66 Å². The van der Waals surface area contributed by atoms with E-state index in [0.29, 0.717) is 24.2 Å². The first-order valence-corrected chi connectivity index (χ1v) is 9.68. The van der Waals surface area contributed by atoms with Crippen molar-refractivity contribution >= 4 is 23.2 Å². The number of allylic oxidation sites excluding steroid dienone is 1. The molecule has 29 heavy (non-hydrogen) atoms. The molecule has 0 fully saturated rings. The number of hydrogen-bond donors (Lipinski definition) is 3. The first kappa shape index (κ1) is 20.5. The molecule has 1 spiro atoms. The highest BCUT2D eigenvalue weighted by atomic mass is 19.1. The molecule has 2 aromatic rings. The molecule has 1 aliphatic carbocycles. The number of nitrogens with zero attached hydrogens (tertiary/aromatic N) is 3. The van der Waals surface area contributed by atoms with Crippen LogP contribution in [-0.4, -0.2) is 26.6 Å². The summed E-state index contributed by atoms with van der Waals surface area (Å²) in [4.78, 5) is 33.6. The van der Waals surface area contributed by atoms with Crippen LogP contribution in [0.4, 0.5) is 21.7 Å². The summed E-state index contributed by atoms with van der Waals surface area (Å²) < 4.78 is 16.3. The van der Waals surface area contributed by atoms with Crippen molar-refractivity contribution in [3.05, 3.63) is 52.2 Å². The lowest BCUT2D eigenvalue weighted by Gasteiger charge is -2.31. The Kier molecular flexibility index (Phi) is 5.67. The Balaban J connectivity index is 0.00000117. The predicted molar refractivity (Wildman–Crippen MR) is 110 cm³/mol. The molecule has 3 heterocycles. The number of nitrogens with two attached hydrogens (primary N) is 1. The molecule has 0 radical (unpaired) electrons. The maximum Gasteiger partial charge on any atom is 0.277 e. The molecule has 2 unspecified atom stereocenters. The van der Waals surface area contributed by atoms with Crippen LogP contribution in [0.25, 0.3) is 0 Å². The van der Waals surface area contributed by atoms with Gasteiger partial charge in [-0.25, -0.2) is 14.4 Å². The van der Waals surface area contributed by atoms with Gasteiger partial charge in [0, 0.05) is 6.07 Å². The van der Waals surface area contributed by atoms with Crippen LogP contribution in [0.3, 0.4) is 0 Å². The molecule has 0 saturated carbocycles. The van der Waals surface area contributed by atoms with Crippen molar-refractivity contribution < 1.29 is 9.18 Å². The van der Waals surface area contributed by atoms with E-state index >= 15 is 4.39 Å². The third-order valence-corrected chi connectivity index (χ3v) is 4.92. The Morgan fingerprint density at radius 3 is 2.79 bits per heavy atom. The number of fused-ring (bicyclic) bond motifs is 2. The van der Waals surface area contributed by atoms with Gasteiger partial charge < -0.3 is 16.4 Å². The monoisotopic (exact) mass is 400 g/mol. The fourth-order valence-electron chi connectivity index (χ4n) is 3.68. The van der Waals surface area contributed by atoms with Gasteiger partial charge in [-0.1, -0.05) is 19.9 Å². The first-order chi connectivity index (χ1) is 13.9. The Morgan fingerprint density at radius 1 is 1.31 bits per heavy atom. The Hall–Kier alpha value is -3.23. The van der Waals surface area contributed by atoms with Crippen molar-refractivity contribution in [1.82, 2.24) is 19.9 Å². The maximum atomic E-state index is 15.1. The molecule has 1 amide bonds. The smallest absolute Gasteiger partial charge is 0.277 e. The van der Waals surface area contributed by atoms with Crippen LogP contribution >= 0.6 is 0 Å². The van der Waals surface area contributed by atoms with Crippen molar-refractivity contribution in [2.45, 2.75) is 51.9 Å². The summed E-state index contributed by atoms with van der Waals surface area (Å²) >= 11 is 0. The molecular weight excluding hydrogens is 375 g/mol. The van der Waals surface area contributed by atoms with Crippen molar-refractivity contribution in [3.63, 3.8) is 0 Å². The molecule has 154 valence electrons. The second kappa shape index (κ2) is 8.02. The van der Waals surface area contributed by atoms with Crippen LogP contribution < -0.4 is 21.9 Å². The van der Waals surface area contributed by atoms with E-state index in [-0.39, 0.29) is 23.6 Å². The lowest BCUT2D eigenvalue weighted by atomic mass is 10.0. The minimum Gasteiger partial charge on any atom is -0.384 e. The second-order valence-corrected chi connectivity index (χ2v) is 6.76. The van der Waals surface area contributed by atoms with Gasteiger partial charge in [-0.05, 0) is 43.9 Å². The topological polar surface area (TPSA) is 115 Å². The van der Waals surface area contributed by atoms with Crippen molar-refractivity contribution in [3.8, 4) is 0 Å². The van der Waals surface area contributed by atoms with Gasteiger partial charge in [-0.15, -0.1) is 0 Å². The number of carbonyl (C=O) groups is 1. The molecule has 0 aromatic carbocycles. The number of aryl methyl sites for hydroxylation is 1. The van der Waals surface area contributed by atoms with E-state index in [1.807, 2.05) is 19.9 Å². The Bertz CT molecular complexity index is 1020. The number of nitrogen functional groups attached to an aromatic ring is 1. The summed E-state index contributed by atoms with van der Waals surface area (Å²) in [6.07, 6.45) is 4.85. The molecule has 9 heteroatoms. The number of alkyl halides is 1. The van der Waals surface area contributed by atoms with Gasteiger partial charge in [-0.3, -0.25) is 14.2 Å². The highest BCUT2D eigenvalue weighted by molar-refractivity contribution is 5.97. The van der Waals surface area contributed by atoms with Gasteiger partial charge in [0.25, 0.3) is 11.5 Å². The minimum atomic E-state index is -1.51. The number of rotatable bonds is 2. The van der Waals surface area contributed by atoms with E-state index in [0.717, 1.165) is 0 Å². The SMILES string of the molecule is CC.Cc1cc(Nc2cc(N)ncn2)c(=O)n2c1C(=O)NC21C=CCCCC1F. The van der Waals surface area contributed by atoms with E-state index in [4.69, 9.17) is 5.73 Å². The average Bonchev–Trinajstić information content (AvgIpc) is 2.89. The standard InChI is InChI=1S/C18H19FN6O2.C2H6/c1-10-7-11(23-14-8-13(20)21-9-22-14)17(27)25-15(10)16(26)24-18(25)6-4-2-3-5-12(18)19;1-2/h4,6-9,12H,2-3,5H2,1H3,(H,24,26)(H3,20,21,22,23);1-2H3. The second-order valence-electron chi connectivity index (χ2n) is 6.76. The van der Waals surface area contributed by atoms with Crippen LogP contribution in [0.15, 0.2) is 35.4 Å². The van der Waals surface area contributed by atoms with E-state index in [2.05, 4.69) is 20.6 Å². The van der Waals surface area contributed by atoms with E-state index in [9.17, 15) is 9.59 Å². The zero-order valence-electron chi connectivity index (χ0n) is 16.7. The summed E-state index contributed by atoms with van der Waals surface area (Å²) in [6.45, 7) is 5.71. The average molecular weight is 400 g/mol. The minimum absolute atomic E-state index is 0.168. The number of halogens is 1. The normalized spacial score (nSPS) is 22.3. The summed E-state index contributed by atoms with van der Waals surface area (Å²) in [5.74, 6) is 0.116. The fourth-order valence-corrected chi connectivity index (χ4v) is 3.68. The summed E-state index contributed by atoms with van der Waals surface area (Å²) in [5.41, 5.74) is 4.53. The molecular formula is C20H25FN6O2. The third kappa shape index (κ3) is 3.48. The molecule has 1 aliphatic heterocycles. The molecule has 4 rings (SSSR count). The molecule has 2 aromatic heterocycles. The third-order valence-electron chi connectivity index (χ3n) is 4.92. The molecule has 2 aliphatic rings. The van der Waals surface area contributed by atoms with Crippen molar-refractivity contribution in [2.75, 3.05) is 11.1 Å². The molecule has 0 saturated heterocycles. The number of anilines is 3. The predicted octanol–water partition coefficient (Wildman–Crippen LogP) is 2.77. The molecule has 0 bridgehead atoms. The quantitative estimate of drug-likeness (QED) is 0.668. The lowest BCUT2D eigenvalue weighted by molar-refractivity contribution is 0.0851. The van der Waals surface area contributed by atoms with Crippen LogP contribution in [0.2, 0.25) is 0 Å². The molecule has 8 nitrogen and oxygen atoms in total. The fraction of sp³-hybridized carbons (Fsp3) is 0.400. The lowest BCUT2D eigenvalue weighted by Crippen LogP contribution is -2.52. The maximum absolute atomic E-state index is 15.1. The highest BCUT2D eigenvalue weighted by Crippen LogP contribution is 2.35. The zero-order chi connectivity index (χ0) is 21.2. The Labute approximate surface area is 168 Å². The Morgan fingerprint density at radius 2 is 2.07 bits per heavy atom. The number of pyridine rings is 1. The largest absolute Gasteiger partial charge is 0.384 e. The van der Waals surface area contributed by atoms with Gasteiger partial charge in [-0.2, -0.15) is 0 Å². The zero-order valence-corrected chi connectivity index (χ0v) is 16.7. The van der Waals surface area contributed by atoms with Crippen molar-refractivity contribution in [1.29, 1.82) is 0 Å². The van der Waals surface area contributed by atoms with E-state index in [1.54, 1.807) is 19.1 Å². The number of amides is 1. The number of carbonyl (C=O) groups excluding carboxylic acids is 1. The van der Waals surface area contributed by atoms with Gasteiger partial charge >= 0.3 is 0 Å². The number of aromatic nitrogens is 3. The van der Waals surface area contributed by atoms with Crippen LogP contribution in [0.5, 0.6) is 0 Å². The highest BCUT2D eigenvalue weighted by Gasteiger charge is 2.49. The summed E-state index contributed by atoms with van der Waals surface area (Å²) in [7, 11) is 0. The summed E-state index contributed by atoms with van der Waals surface area (Å²) in [5, 5.41) is 5.60. The van der Waals surface area contributed by atoms with Crippen LogP contribution in [0, 0.1) is 6.92 Å². The van der Waals surface area contributed by atoms with Gasteiger partial charge in [0.05, 0.1) is 0 Å². The van der Waals surface area contributed by atoms with E-state index < -0.39 is 23.3 Å². The van der Waals surface area contributed by atoms with Gasteiger partial charge in [0.2, 0.25) is 0 Å². The molecule has 4 N–H and O–H groups in total. The van der Waals surface area contributed by atoms with E-state index in [1.165, 1.54) is 17.0 Å². The molecule has 2 atom stereocenters. The van der Waals surface area contributed by atoms with Gasteiger partial charge in [0.15, 0.2) is 5.66 Å².